The molecule has 1 aliphatic rings. The lowest BCUT2D eigenvalue weighted by Gasteiger charge is -2.29. The van der Waals surface area contributed by atoms with Crippen molar-refractivity contribution in [2.45, 2.75) is 0 Å². The summed E-state index contributed by atoms with van der Waals surface area (Å²) in [5, 5.41) is 0.596. The van der Waals surface area contributed by atoms with Crippen LogP contribution in [0, 0.1) is 0 Å². The summed E-state index contributed by atoms with van der Waals surface area (Å²) in [7, 11) is 1.76. The maximum atomic E-state index is 12.6. The molecule has 0 radical (unpaired) electrons. The molecule has 6 heteroatoms. The Morgan fingerprint density at radius 1 is 1.38 bits per heavy atom. The van der Waals surface area contributed by atoms with Gasteiger partial charge in [-0.2, -0.15) is 0 Å². The van der Waals surface area contributed by atoms with Crippen LogP contribution in [0.5, 0.6) is 0 Å². The zero-order chi connectivity index (χ0) is 15.0. The average molecular weight is 350 g/mol. The van der Waals surface area contributed by atoms with Gasteiger partial charge in [0, 0.05) is 24.6 Å². The van der Waals surface area contributed by atoms with Crippen LogP contribution >= 0.6 is 15.9 Å². The van der Waals surface area contributed by atoms with Gasteiger partial charge >= 0.3 is 0 Å². The standard InChI is InChI=1S/C15H16BrN3O2/c1-3-10-8-11-13(12(16)9-10)17-15(18(2)14(11)20)19-4-6-21-7-5-19/h3,8-9H,1,4-7H2,2H3. The first kappa shape index (κ1) is 14.3. The molecule has 110 valence electrons. The molecule has 0 atom stereocenters. The summed E-state index contributed by atoms with van der Waals surface area (Å²) in [6, 6.07) is 3.75. The van der Waals surface area contributed by atoms with Crippen molar-refractivity contribution in [3.8, 4) is 0 Å². The second-order valence-electron chi connectivity index (χ2n) is 4.98. The molecule has 21 heavy (non-hydrogen) atoms. The Labute approximate surface area is 131 Å². The molecule has 0 bridgehead atoms. The molecule has 1 aliphatic heterocycles. The Kier molecular flexibility index (Phi) is 3.82. The highest BCUT2D eigenvalue weighted by molar-refractivity contribution is 9.10. The van der Waals surface area contributed by atoms with Gasteiger partial charge < -0.3 is 9.64 Å². The maximum Gasteiger partial charge on any atom is 0.262 e. The van der Waals surface area contributed by atoms with E-state index in [-0.39, 0.29) is 5.56 Å². The summed E-state index contributed by atoms with van der Waals surface area (Å²) in [6.07, 6.45) is 1.72. The molecule has 0 saturated carbocycles. The van der Waals surface area contributed by atoms with E-state index in [9.17, 15) is 4.79 Å². The van der Waals surface area contributed by atoms with Crippen molar-refractivity contribution in [3.63, 3.8) is 0 Å². The van der Waals surface area contributed by atoms with E-state index in [0.717, 1.165) is 23.1 Å². The van der Waals surface area contributed by atoms with Gasteiger partial charge in [0.2, 0.25) is 5.95 Å². The van der Waals surface area contributed by atoms with Crippen LogP contribution in [-0.2, 0) is 11.8 Å². The van der Waals surface area contributed by atoms with Crippen molar-refractivity contribution in [1.82, 2.24) is 9.55 Å². The smallest absolute Gasteiger partial charge is 0.262 e. The van der Waals surface area contributed by atoms with E-state index in [2.05, 4.69) is 32.4 Å². The van der Waals surface area contributed by atoms with Crippen LogP contribution in [0.4, 0.5) is 5.95 Å². The summed E-state index contributed by atoms with van der Waals surface area (Å²) in [5.41, 5.74) is 1.53. The summed E-state index contributed by atoms with van der Waals surface area (Å²) < 4.78 is 7.77. The largest absolute Gasteiger partial charge is 0.378 e. The highest BCUT2D eigenvalue weighted by Crippen LogP contribution is 2.25. The van der Waals surface area contributed by atoms with Crippen LogP contribution in [0.25, 0.3) is 17.0 Å². The minimum absolute atomic E-state index is 0.0501. The molecule has 3 rings (SSSR count). The third-order valence-corrected chi connectivity index (χ3v) is 4.27. The number of halogens is 1. The third-order valence-electron chi connectivity index (χ3n) is 3.66. The number of hydrogen-bond acceptors (Lipinski definition) is 4. The van der Waals surface area contributed by atoms with Gasteiger partial charge in [0.1, 0.15) is 0 Å². The summed E-state index contributed by atoms with van der Waals surface area (Å²) >= 11 is 3.50. The number of fused-ring (bicyclic) bond motifs is 1. The lowest BCUT2D eigenvalue weighted by Crippen LogP contribution is -2.40. The van der Waals surface area contributed by atoms with Gasteiger partial charge in [-0.1, -0.05) is 12.7 Å². The maximum absolute atomic E-state index is 12.6. The summed E-state index contributed by atoms with van der Waals surface area (Å²) in [6.45, 7) is 6.55. The highest BCUT2D eigenvalue weighted by Gasteiger charge is 2.18. The molecule has 0 unspecified atom stereocenters. The van der Waals surface area contributed by atoms with Crippen LogP contribution in [0.15, 0.2) is 28.0 Å². The van der Waals surface area contributed by atoms with Crippen LogP contribution in [0.2, 0.25) is 0 Å². The van der Waals surface area contributed by atoms with Gasteiger partial charge in [-0.05, 0) is 33.6 Å². The Balaban J connectivity index is 2.24. The summed E-state index contributed by atoms with van der Waals surface area (Å²) in [4.78, 5) is 19.4. The van der Waals surface area contributed by atoms with Gasteiger partial charge in [0.25, 0.3) is 5.56 Å². The van der Waals surface area contributed by atoms with E-state index in [1.807, 2.05) is 12.1 Å². The predicted octanol–water partition coefficient (Wildman–Crippen LogP) is 2.18. The lowest BCUT2D eigenvalue weighted by molar-refractivity contribution is 0.121. The zero-order valence-corrected chi connectivity index (χ0v) is 13.4. The van der Waals surface area contributed by atoms with Crippen molar-refractivity contribution in [2.75, 3.05) is 31.2 Å². The van der Waals surface area contributed by atoms with E-state index in [4.69, 9.17) is 4.74 Å². The van der Waals surface area contributed by atoms with Gasteiger partial charge in [-0.25, -0.2) is 4.98 Å². The average Bonchev–Trinajstić information content (AvgIpc) is 2.51. The number of anilines is 1. The third kappa shape index (κ3) is 2.49. The molecule has 0 aliphatic carbocycles. The number of aromatic nitrogens is 2. The first-order valence-electron chi connectivity index (χ1n) is 6.77. The number of benzene rings is 1. The van der Waals surface area contributed by atoms with Crippen molar-refractivity contribution in [2.24, 2.45) is 7.05 Å². The van der Waals surface area contributed by atoms with E-state index < -0.39 is 0 Å². The SMILES string of the molecule is C=Cc1cc(Br)c2nc(N3CCOCC3)n(C)c(=O)c2c1. The molecule has 1 fully saturated rings. The van der Waals surface area contributed by atoms with Crippen LogP contribution in [-0.4, -0.2) is 35.9 Å². The second kappa shape index (κ2) is 5.61. The zero-order valence-electron chi connectivity index (χ0n) is 11.8. The van der Waals surface area contributed by atoms with E-state index >= 15 is 0 Å². The molecular formula is C15H16BrN3O2. The topological polar surface area (TPSA) is 47.4 Å². The molecular weight excluding hydrogens is 334 g/mol. The van der Waals surface area contributed by atoms with Crippen LogP contribution in [0.3, 0.4) is 0 Å². The highest BCUT2D eigenvalue weighted by atomic mass is 79.9. The molecule has 0 N–H and O–H groups in total. The fourth-order valence-electron chi connectivity index (χ4n) is 2.51. The molecule has 1 saturated heterocycles. The lowest BCUT2D eigenvalue weighted by atomic mass is 10.1. The minimum Gasteiger partial charge on any atom is -0.378 e. The van der Waals surface area contributed by atoms with Crippen molar-refractivity contribution < 1.29 is 4.74 Å². The number of ether oxygens (including phenoxy) is 1. The molecule has 1 aromatic carbocycles. The van der Waals surface area contributed by atoms with E-state index in [0.29, 0.717) is 30.1 Å². The molecule has 5 nitrogen and oxygen atoms in total. The molecule has 2 aromatic rings. The molecule has 1 aromatic heterocycles. The fraction of sp³-hybridized carbons (Fsp3) is 0.333. The Bertz CT molecular complexity index is 764. The summed E-state index contributed by atoms with van der Waals surface area (Å²) in [5.74, 6) is 0.683. The molecule has 0 amide bonds. The second-order valence-corrected chi connectivity index (χ2v) is 5.83. The normalized spacial score (nSPS) is 15.4. The van der Waals surface area contributed by atoms with Crippen molar-refractivity contribution >= 4 is 38.9 Å². The first-order chi connectivity index (χ1) is 10.1. The van der Waals surface area contributed by atoms with E-state index in [1.165, 1.54) is 0 Å². The number of rotatable bonds is 2. The van der Waals surface area contributed by atoms with E-state index in [1.54, 1.807) is 17.7 Å². The monoisotopic (exact) mass is 349 g/mol. The molecule has 2 heterocycles. The Morgan fingerprint density at radius 2 is 2.10 bits per heavy atom. The van der Waals surface area contributed by atoms with Crippen molar-refractivity contribution in [3.05, 3.63) is 39.1 Å². The fourth-order valence-corrected chi connectivity index (χ4v) is 3.07. The molecule has 0 spiro atoms. The first-order valence-corrected chi connectivity index (χ1v) is 7.56. The number of morpholine rings is 1. The Morgan fingerprint density at radius 3 is 2.76 bits per heavy atom. The number of nitrogens with zero attached hydrogens (tertiary/aromatic N) is 3. The number of hydrogen-bond donors (Lipinski definition) is 0. The van der Waals surface area contributed by atoms with Gasteiger partial charge in [-0.3, -0.25) is 9.36 Å². The Hall–Kier alpha value is -1.66. The minimum atomic E-state index is -0.0501. The van der Waals surface area contributed by atoms with Crippen LogP contribution < -0.4 is 10.5 Å². The quantitative estimate of drug-likeness (QED) is 0.833. The van der Waals surface area contributed by atoms with Gasteiger partial charge in [0.05, 0.1) is 24.1 Å². The van der Waals surface area contributed by atoms with Crippen molar-refractivity contribution in [1.29, 1.82) is 0 Å². The predicted molar refractivity (Wildman–Crippen MR) is 87.8 cm³/mol. The van der Waals surface area contributed by atoms with Gasteiger partial charge in [0.15, 0.2) is 0 Å². The van der Waals surface area contributed by atoms with Crippen LogP contribution in [0.1, 0.15) is 5.56 Å². The van der Waals surface area contributed by atoms with Gasteiger partial charge in [-0.15, -0.1) is 0 Å².